The Kier molecular flexibility index (Phi) is 11.3. The Morgan fingerprint density at radius 2 is 1.64 bits per heavy atom. The molecule has 1 rings (SSSR count). The molecule has 0 aliphatic heterocycles. The van der Waals surface area contributed by atoms with E-state index in [2.05, 4.69) is 29.2 Å². The van der Waals surface area contributed by atoms with Gasteiger partial charge in [-0.1, -0.05) is 72.1 Å². The van der Waals surface area contributed by atoms with Crippen molar-refractivity contribution >= 4 is 5.97 Å². The first-order valence-corrected chi connectivity index (χ1v) is 10.4. The summed E-state index contributed by atoms with van der Waals surface area (Å²) in [6.07, 6.45) is 18.0. The van der Waals surface area contributed by atoms with Crippen molar-refractivity contribution in [3.8, 4) is 0 Å². The number of hydrogen-bond acceptors (Lipinski definition) is 2. The van der Waals surface area contributed by atoms with Crippen LogP contribution in [0, 0.1) is 5.92 Å². The molecule has 4 nitrogen and oxygen atoms in total. The van der Waals surface area contributed by atoms with E-state index in [1.54, 1.807) is 6.92 Å². The molecular formula is C21H38N2O2. The van der Waals surface area contributed by atoms with Crippen LogP contribution in [0.4, 0.5) is 0 Å². The van der Waals surface area contributed by atoms with Crippen LogP contribution in [0.5, 0.6) is 0 Å². The van der Waals surface area contributed by atoms with Gasteiger partial charge in [-0.25, -0.2) is 9.13 Å². The highest BCUT2D eigenvalue weighted by molar-refractivity contribution is 5.66. The highest BCUT2D eigenvalue weighted by Gasteiger charge is 2.18. The molecule has 1 atom stereocenters. The van der Waals surface area contributed by atoms with E-state index in [0.717, 1.165) is 19.4 Å². The number of imidazole rings is 1. The number of aryl methyl sites for hydroxylation is 1. The van der Waals surface area contributed by atoms with E-state index in [9.17, 15) is 9.90 Å². The summed E-state index contributed by atoms with van der Waals surface area (Å²) in [6.45, 7) is 7.72. The van der Waals surface area contributed by atoms with E-state index in [1.807, 2.05) is 6.20 Å². The molecule has 1 aromatic heterocycles. The SMILES string of the molecule is CCCCCCCCCCc1n(CCCC)cc[n+]1CC(C)C(=O)[O-]. The van der Waals surface area contributed by atoms with Crippen LogP contribution in [0.15, 0.2) is 12.4 Å². The zero-order valence-corrected chi connectivity index (χ0v) is 16.6. The maximum absolute atomic E-state index is 11.1. The van der Waals surface area contributed by atoms with Crippen LogP contribution < -0.4 is 9.67 Å². The highest BCUT2D eigenvalue weighted by Crippen LogP contribution is 2.11. The summed E-state index contributed by atoms with van der Waals surface area (Å²) < 4.78 is 4.43. The minimum atomic E-state index is -0.966. The third-order valence-electron chi connectivity index (χ3n) is 4.97. The zero-order valence-electron chi connectivity index (χ0n) is 16.6. The topological polar surface area (TPSA) is 48.9 Å². The van der Waals surface area contributed by atoms with Gasteiger partial charge >= 0.3 is 0 Å². The van der Waals surface area contributed by atoms with E-state index in [1.165, 1.54) is 63.6 Å². The largest absolute Gasteiger partial charge is 0.550 e. The van der Waals surface area contributed by atoms with Crippen molar-refractivity contribution in [2.24, 2.45) is 5.92 Å². The predicted octanol–water partition coefficient (Wildman–Crippen LogP) is 3.64. The maximum atomic E-state index is 11.1. The van der Waals surface area contributed by atoms with Crippen molar-refractivity contribution < 1.29 is 14.5 Å². The second kappa shape index (κ2) is 13.0. The molecule has 0 aliphatic rings. The second-order valence-corrected chi connectivity index (χ2v) is 7.36. The summed E-state index contributed by atoms with van der Waals surface area (Å²) in [5, 5.41) is 11.1. The average molecular weight is 351 g/mol. The number of hydrogen-bond donors (Lipinski definition) is 0. The number of rotatable bonds is 15. The minimum absolute atomic E-state index is 0.454. The van der Waals surface area contributed by atoms with Crippen molar-refractivity contribution in [2.75, 3.05) is 0 Å². The summed E-state index contributed by atoms with van der Waals surface area (Å²) in [5.74, 6) is -0.149. The van der Waals surface area contributed by atoms with E-state index >= 15 is 0 Å². The number of unbranched alkanes of at least 4 members (excludes halogenated alkanes) is 8. The van der Waals surface area contributed by atoms with Gasteiger partial charge < -0.3 is 9.90 Å². The first-order chi connectivity index (χ1) is 12.1. The van der Waals surface area contributed by atoms with Crippen LogP contribution in [0.1, 0.15) is 90.8 Å². The Hall–Kier alpha value is -1.32. The van der Waals surface area contributed by atoms with Crippen LogP contribution in [-0.4, -0.2) is 10.5 Å². The quantitative estimate of drug-likeness (QED) is 0.358. The van der Waals surface area contributed by atoms with Gasteiger partial charge in [0.25, 0.3) is 5.82 Å². The number of nitrogens with zero attached hydrogens (tertiary/aromatic N) is 2. The average Bonchev–Trinajstić information content (AvgIpc) is 2.97. The van der Waals surface area contributed by atoms with E-state index in [-0.39, 0.29) is 0 Å². The molecule has 1 aromatic rings. The third-order valence-corrected chi connectivity index (χ3v) is 4.97. The lowest BCUT2D eigenvalue weighted by molar-refractivity contribution is -0.708. The molecule has 0 amide bonds. The van der Waals surface area contributed by atoms with Crippen LogP contribution in [-0.2, 0) is 24.3 Å². The van der Waals surface area contributed by atoms with Crippen molar-refractivity contribution in [1.82, 2.24) is 4.57 Å². The standard InChI is InChI=1S/C21H38N2O2/c1-4-6-8-9-10-11-12-13-14-20-22(15-7-5-2)16-17-23(20)18-19(3)21(24)25/h16-17,19H,4-15,18H2,1-3H3. The number of carboxylic acids is 1. The van der Waals surface area contributed by atoms with E-state index in [4.69, 9.17) is 0 Å². The lowest BCUT2D eigenvalue weighted by Crippen LogP contribution is -2.45. The van der Waals surface area contributed by atoms with Crippen molar-refractivity contribution in [3.05, 3.63) is 18.2 Å². The van der Waals surface area contributed by atoms with Crippen LogP contribution in [0.25, 0.3) is 0 Å². The van der Waals surface area contributed by atoms with Gasteiger partial charge in [0.2, 0.25) is 0 Å². The van der Waals surface area contributed by atoms with Gasteiger partial charge in [-0.05, 0) is 12.8 Å². The number of aliphatic carboxylic acids is 1. The van der Waals surface area contributed by atoms with Crippen molar-refractivity contribution in [1.29, 1.82) is 0 Å². The van der Waals surface area contributed by atoms with Gasteiger partial charge in [0.05, 0.1) is 13.1 Å². The number of carbonyl (C=O) groups is 1. The van der Waals surface area contributed by atoms with E-state index in [0.29, 0.717) is 6.54 Å². The molecule has 0 aromatic carbocycles. The number of aromatic nitrogens is 2. The summed E-state index contributed by atoms with van der Waals surface area (Å²) in [4.78, 5) is 11.1. The Labute approximate surface area is 154 Å². The normalized spacial score (nSPS) is 12.4. The molecule has 0 fully saturated rings. The van der Waals surface area contributed by atoms with Crippen LogP contribution >= 0.6 is 0 Å². The molecule has 0 spiro atoms. The maximum Gasteiger partial charge on any atom is 0.256 e. The lowest BCUT2D eigenvalue weighted by atomic mass is 10.1. The lowest BCUT2D eigenvalue weighted by Gasteiger charge is -2.12. The molecule has 0 aliphatic carbocycles. The fourth-order valence-electron chi connectivity index (χ4n) is 3.27. The molecule has 25 heavy (non-hydrogen) atoms. The van der Waals surface area contributed by atoms with Gasteiger partial charge in [0, 0.05) is 18.3 Å². The molecule has 4 heteroatoms. The number of carboxylic acid groups (broad SMARTS) is 1. The molecule has 1 heterocycles. The van der Waals surface area contributed by atoms with E-state index < -0.39 is 11.9 Å². The zero-order chi connectivity index (χ0) is 18.5. The van der Waals surface area contributed by atoms with Crippen molar-refractivity contribution in [2.45, 2.75) is 104 Å². The van der Waals surface area contributed by atoms with Crippen molar-refractivity contribution in [3.63, 3.8) is 0 Å². The summed E-state index contributed by atoms with van der Waals surface area (Å²) in [5.41, 5.74) is 0. The molecular weight excluding hydrogens is 312 g/mol. The molecule has 1 unspecified atom stereocenters. The Morgan fingerprint density at radius 3 is 2.24 bits per heavy atom. The molecule has 0 saturated heterocycles. The predicted molar refractivity (Wildman–Crippen MR) is 100 cm³/mol. The van der Waals surface area contributed by atoms with Gasteiger partial charge in [0.1, 0.15) is 12.4 Å². The molecule has 0 N–H and O–H groups in total. The fourth-order valence-corrected chi connectivity index (χ4v) is 3.27. The Balaban J connectivity index is 2.49. The summed E-state index contributed by atoms with van der Waals surface area (Å²) >= 11 is 0. The van der Waals surface area contributed by atoms with Crippen LogP contribution in [0.3, 0.4) is 0 Å². The smallest absolute Gasteiger partial charge is 0.256 e. The molecule has 0 saturated carbocycles. The first kappa shape index (κ1) is 21.7. The van der Waals surface area contributed by atoms with Gasteiger partial charge in [-0.2, -0.15) is 0 Å². The summed E-state index contributed by atoms with van der Waals surface area (Å²) in [6, 6.07) is 0. The monoisotopic (exact) mass is 350 g/mol. The third kappa shape index (κ3) is 8.55. The van der Waals surface area contributed by atoms with Crippen LogP contribution in [0.2, 0.25) is 0 Å². The van der Waals surface area contributed by atoms with Gasteiger partial charge in [-0.3, -0.25) is 0 Å². The number of carbonyl (C=O) groups excluding carboxylic acids is 1. The first-order valence-electron chi connectivity index (χ1n) is 10.4. The molecule has 0 bridgehead atoms. The summed E-state index contributed by atoms with van der Waals surface area (Å²) in [7, 11) is 0. The fraction of sp³-hybridized carbons (Fsp3) is 0.810. The van der Waals surface area contributed by atoms with Gasteiger partial charge in [-0.15, -0.1) is 0 Å². The molecule has 0 radical (unpaired) electrons. The second-order valence-electron chi connectivity index (χ2n) is 7.36. The molecule has 144 valence electrons. The Bertz CT molecular complexity index is 482. The minimum Gasteiger partial charge on any atom is -0.550 e. The Morgan fingerprint density at radius 1 is 1.04 bits per heavy atom. The highest BCUT2D eigenvalue weighted by atomic mass is 16.4. The van der Waals surface area contributed by atoms with Gasteiger partial charge in [0.15, 0.2) is 0 Å².